The fourth-order valence-corrected chi connectivity index (χ4v) is 3.82. The van der Waals surface area contributed by atoms with E-state index < -0.39 is 0 Å². The highest BCUT2D eigenvalue weighted by Gasteiger charge is 2.44. The van der Waals surface area contributed by atoms with Gasteiger partial charge in [0.05, 0.1) is 23.8 Å². The van der Waals surface area contributed by atoms with E-state index in [-0.39, 0.29) is 12.8 Å². The van der Waals surface area contributed by atoms with Crippen molar-refractivity contribution in [2.24, 2.45) is 10.9 Å². The Morgan fingerprint density at radius 3 is 2.96 bits per heavy atom. The number of anilines is 1. The molecule has 1 atom stereocenters. The zero-order valence-corrected chi connectivity index (χ0v) is 14.0. The Morgan fingerprint density at radius 2 is 2.08 bits per heavy atom. The normalized spacial score (nSPS) is 23.3. The van der Waals surface area contributed by atoms with Gasteiger partial charge < -0.3 is 4.90 Å². The molecular weight excluding hydrogens is 335 g/mol. The van der Waals surface area contributed by atoms with Crippen LogP contribution in [0.4, 0.5) is 10.2 Å². The average Bonchev–Trinajstić information content (AvgIpc) is 3.04. The molecule has 6 rings (SSSR count). The van der Waals surface area contributed by atoms with Crippen molar-refractivity contribution in [1.29, 1.82) is 0 Å². The molecule has 1 aliphatic carbocycles. The second-order valence-corrected chi connectivity index (χ2v) is 7.10. The smallest absolute Gasteiger partial charge is 0.173 e. The monoisotopic (exact) mass is 352 g/mol. The number of rotatable bonds is 3. The van der Waals surface area contributed by atoms with E-state index in [0.717, 1.165) is 35.1 Å². The summed E-state index contributed by atoms with van der Waals surface area (Å²) < 4.78 is 14.1. The lowest BCUT2D eigenvalue weighted by Crippen LogP contribution is -2.51. The third kappa shape index (κ3) is 1.97. The van der Waals surface area contributed by atoms with E-state index in [2.05, 4.69) is 15.3 Å². The minimum atomic E-state index is -0.240. The molecule has 0 bridgehead atoms. The minimum absolute atomic E-state index is 0.160. The zero-order chi connectivity index (χ0) is 17.3. The van der Waals surface area contributed by atoms with Crippen LogP contribution in [0.3, 0.4) is 0 Å². The highest BCUT2D eigenvalue weighted by atomic mass is 19.2. The summed E-state index contributed by atoms with van der Waals surface area (Å²) in [4.78, 5) is 8.27. The lowest BCUT2D eigenvalue weighted by Gasteiger charge is -2.41. The van der Waals surface area contributed by atoms with Gasteiger partial charge in [-0.1, -0.05) is 22.7 Å². The molecule has 0 spiro atoms. The number of nitrogens with zero attached hydrogens (tertiary/aromatic N) is 8. The second kappa shape index (κ2) is 4.96. The van der Waals surface area contributed by atoms with Gasteiger partial charge in [0.15, 0.2) is 12.0 Å². The van der Waals surface area contributed by atoms with Gasteiger partial charge in [0.1, 0.15) is 13.0 Å². The number of aliphatic imine (C=N–C) groups is 1. The summed E-state index contributed by atoms with van der Waals surface area (Å²) in [5, 5.41) is 13.0. The van der Waals surface area contributed by atoms with Crippen molar-refractivity contribution >= 4 is 12.0 Å². The molecule has 0 radical (unpaired) electrons. The van der Waals surface area contributed by atoms with E-state index in [9.17, 15) is 4.48 Å². The summed E-state index contributed by atoms with van der Waals surface area (Å²) in [7, 11) is 0. The third-order valence-electron chi connectivity index (χ3n) is 5.25. The molecule has 8 nitrogen and oxygen atoms in total. The van der Waals surface area contributed by atoms with Gasteiger partial charge in [-0.25, -0.2) is 10.0 Å². The van der Waals surface area contributed by atoms with Crippen LogP contribution in [0.15, 0.2) is 47.5 Å². The molecule has 26 heavy (non-hydrogen) atoms. The number of hydrazine groups is 1. The number of para-hydroxylation sites is 1. The second-order valence-electron chi connectivity index (χ2n) is 7.10. The van der Waals surface area contributed by atoms with Crippen molar-refractivity contribution in [2.75, 3.05) is 16.7 Å². The van der Waals surface area contributed by atoms with Gasteiger partial charge in [0, 0.05) is 5.56 Å². The first-order chi connectivity index (χ1) is 12.8. The van der Waals surface area contributed by atoms with Gasteiger partial charge in [-0.15, -0.1) is 9.89 Å². The largest absolute Gasteiger partial charge is 0.304 e. The van der Waals surface area contributed by atoms with E-state index in [4.69, 9.17) is 0 Å². The maximum Gasteiger partial charge on any atom is 0.173 e. The van der Waals surface area contributed by atoms with E-state index in [1.807, 2.05) is 40.4 Å². The molecule has 1 aromatic carbocycles. The standard InChI is InChI=1S/C17H17FN8/c18-22-9-16-23(11-22)15-4-2-1-3-14(15)17-19-10-25(26(16)17)24-8-13(20-21-24)7-12-5-6-12/h1-4,8-10,12,17H,5-7,11H2. The molecule has 0 amide bonds. The number of aromatic nitrogens is 3. The predicted molar refractivity (Wildman–Crippen MR) is 92.6 cm³/mol. The Labute approximate surface area is 149 Å². The van der Waals surface area contributed by atoms with E-state index in [1.54, 1.807) is 16.2 Å². The van der Waals surface area contributed by atoms with Crippen LogP contribution < -0.4 is 10.0 Å². The lowest BCUT2D eigenvalue weighted by molar-refractivity contribution is 0.104. The Balaban J connectivity index is 1.40. The maximum absolute atomic E-state index is 14.1. The zero-order valence-electron chi connectivity index (χ0n) is 14.0. The van der Waals surface area contributed by atoms with Crippen LogP contribution >= 0.6 is 0 Å². The van der Waals surface area contributed by atoms with Gasteiger partial charge in [0.2, 0.25) is 0 Å². The molecule has 132 valence electrons. The molecule has 1 unspecified atom stereocenters. The Bertz CT molecular complexity index is 932. The number of benzene rings is 1. The van der Waals surface area contributed by atoms with E-state index >= 15 is 0 Å². The maximum atomic E-state index is 14.1. The summed E-state index contributed by atoms with van der Waals surface area (Å²) in [5.74, 6) is 1.48. The average molecular weight is 352 g/mol. The van der Waals surface area contributed by atoms with Crippen LogP contribution in [-0.4, -0.2) is 38.2 Å². The predicted octanol–water partition coefficient (Wildman–Crippen LogP) is 1.90. The van der Waals surface area contributed by atoms with Crippen molar-refractivity contribution < 1.29 is 4.48 Å². The highest BCUT2D eigenvalue weighted by Crippen LogP contribution is 2.45. The number of hydrogen-bond donors (Lipinski definition) is 0. The van der Waals surface area contributed by atoms with Crippen molar-refractivity contribution in [2.45, 2.75) is 25.4 Å². The first kappa shape index (κ1) is 14.1. The number of halogens is 1. The molecule has 2 aromatic rings. The van der Waals surface area contributed by atoms with E-state index in [0.29, 0.717) is 5.12 Å². The first-order valence-electron chi connectivity index (χ1n) is 8.82. The molecule has 4 heterocycles. The van der Waals surface area contributed by atoms with Crippen molar-refractivity contribution in [3.63, 3.8) is 0 Å². The van der Waals surface area contributed by atoms with Crippen LogP contribution in [0.5, 0.6) is 0 Å². The SMILES string of the molecule is FN1C=C2N(C1)c1ccccc1C1N=CN(n3cc(CC4CC4)nn3)N21. The molecule has 1 fully saturated rings. The molecule has 0 saturated heterocycles. The number of hydrogen-bond acceptors (Lipinski definition) is 7. The third-order valence-corrected chi connectivity index (χ3v) is 5.25. The van der Waals surface area contributed by atoms with Gasteiger partial charge >= 0.3 is 0 Å². The molecule has 9 heteroatoms. The van der Waals surface area contributed by atoms with Gasteiger partial charge in [-0.3, -0.25) is 0 Å². The van der Waals surface area contributed by atoms with Crippen LogP contribution in [0.25, 0.3) is 0 Å². The summed E-state index contributed by atoms with van der Waals surface area (Å²) in [5.41, 5.74) is 3.00. The van der Waals surface area contributed by atoms with Crippen molar-refractivity contribution in [3.05, 3.63) is 53.7 Å². The summed E-state index contributed by atoms with van der Waals surface area (Å²) in [6, 6.07) is 7.98. The first-order valence-corrected chi connectivity index (χ1v) is 8.82. The van der Waals surface area contributed by atoms with Gasteiger partial charge in [-0.2, -0.15) is 10.2 Å². The summed E-state index contributed by atoms with van der Waals surface area (Å²) in [6.07, 6.45) is 8.42. The summed E-state index contributed by atoms with van der Waals surface area (Å²) >= 11 is 0. The molecule has 0 N–H and O–H groups in total. The molecule has 1 saturated carbocycles. The molecule has 4 aliphatic rings. The molecular formula is C17H17FN8. The Morgan fingerprint density at radius 1 is 1.19 bits per heavy atom. The topological polar surface area (TPSA) is 56.0 Å². The van der Waals surface area contributed by atoms with E-state index in [1.165, 1.54) is 19.0 Å². The molecule has 3 aliphatic heterocycles. The molecule has 1 aromatic heterocycles. The lowest BCUT2D eigenvalue weighted by atomic mass is 10.1. The van der Waals surface area contributed by atoms with Crippen LogP contribution in [0.1, 0.15) is 30.3 Å². The van der Waals surface area contributed by atoms with Crippen LogP contribution in [-0.2, 0) is 6.42 Å². The van der Waals surface area contributed by atoms with Crippen molar-refractivity contribution in [1.82, 2.24) is 25.2 Å². The van der Waals surface area contributed by atoms with Gasteiger partial charge in [0.25, 0.3) is 0 Å². The highest BCUT2D eigenvalue weighted by molar-refractivity contribution is 5.73. The minimum Gasteiger partial charge on any atom is -0.304 e. The number of fused-ring (bicyclic) bond motifs is 6. The van der Waals surface area contributed by atoms with Crippen molar-refractivity contribution in [3.8, 4) is 0 Å². The quantitative estimate of drug-likeness (QED) is 0.787. The summed E-state index contributed by atoms with van der Waals surface area (Å²) in [6.45, 7) is 0.160. The Kier molecular flexibility index (Phi) is 2.69. The van der Waals surface area contributed by atoms with Crippen LogP contribution in [0.2, 0.25) is 0 Å². The fraction of sp³-hybridized carbons (Fsp3) is 0.353. The van der Waals surface area contributed by atoms with Gasteiger partial charge in [-0.05, 0) is 36.5 Å². The van der Waals surface area contributed by atoms with Crippen LogP contribution in [0, 0.1) is 5.92 Å². The fourth-order valence-electron chi connectivity index (χ4n) is 3.82. The Hall–Kier alpha value is -3.10.